The molecule has 1 rings (SSSR count). The third-order valence-corrected chi connectivity index (χ3v) is 2.89. The molecule has 0 saturated heterocycles. The summed E-state index contributed by atoms with van der Waals surface area (Å²) in [6.45, 7) is 6.58. The highest BCUT2D eigenvalue weighted by Gasteiger charge is 2.29. The Morgan fingerprint density at radius 3 is 2.29 bits per heavy atom. The van der Waals surface area contributed by atoms with Gasteiger partial charge in [-0.15, -0.1) is 0 Å². The van der Waals surface area contributed by atoms with Crippen LogP contribution in [0.1, 0.15) is 26.3 Å². The highest BCUT2D eigenvalue weighted by Crippen LogP contribution is 2.22. The summed E-state index contributed by atoms with van der Waals surface area (Å²) < 4.78 is 5.69. The van der Waals surface area contributed by atoms with Gasteiger partial charge < -0.3 is 15.6 Å². The number of hydrogen-bond acceptors (Lipinski definition) is 3. The van der Waals surface area contributed by atoms with Gasteiger partial charge in [0.2, 0.25) is 0 Å². The molecule has 3 heteroatoms. The Labute approximate surface area is 104 Å². The largest absolute Gasteiger partial charge is 0.394 e. The van der Waals surface area contributed by atoms with Gasteiger partial charge in [-0.2, -0.15) is 0 Å². The molecule has 1 aromatic rings. The molecular weight excluding hydrogens is 214 g/mol. The molecule has 0 aliphatic heterocycles. The summed E-state index contributed by atoms with van der Waals surface area (Å²) in [7, 11) is 0. The molecule has 0 aliphatic carbocycles. The summed E-state index contributed by atoms with van der Waals surface area (Å²) in [6.07, 6.45) is -0.324. The summed E-state index contributed by atoms with van der Waals surface area (Å²) in [5, 5.41) is 9.33. The van der Waals surface area contributed by atoms with Gasteiger partial charge in [-0.1, -0.05) is 51.1 Å². The minimum Gasteiger partial charge on any atom is -0.394 e. The molecular formula is C14H23NO2. The van der Waals surface area contributed by atoms with Crippen LogP contribution in [0.5, 0.6) is 0 Å². The van der Waals surface area contributed by atoms with E-state index >= 15 is 0 Å². The van der Waals surface area contributed by atoms with Crippen LogP contribution in [0.15, 0.2) is 30.3 Å². The smallest absolute Gasteiger partial charge is 0.0965 e. The molecule has 2 atom stereocenters. The minimum atomic E-state index is -0.324. The van der Waals surface area contributed by atoms with Gasteiger partial charge in [-0.25, -0.2) is 0 Å². The van der Waals surface area contributed by atoms with E-state index in [9.17, 15) is 5.11 Å². The molecule has 0 heterocycles. The molecule has 3 nitrogen and oxygen atoms in total. The predicted octanol–water partition coefficient (Wildman–Crippen LogP) is 1.94. The van der Waals surface area contributed by atoms with Crippen LogP contribution in [0.2, 0.25) is 0 Å². The molecule has 2 unspecified atom stereocenters. The van der Waals surface area contributed by atoms with Crippen LogP contribution in [-0.4, -0.2) is 23.9 Å². The Kier molecular flexibility index (Phi) is 5.12. The van der Waals surface area contributed by atoms with Crippen molar-refractivity contribution in [3.63, 3.8) is 0 Å². The van der Waals surface area contributed by atoms with Crippen LogP contribution in [0.4, 0.5) is 0 Å². The van der Waals surface area contributed by atoms with Crippen LogP contribution in [0.25, 0.3) is 0 Å². The highest BCUT2D eigenvalue weighted by atomic mass is 16.5. The van der Waals surface area contributed by atoms with Crippen molar-refractivity contribution >= 4 is 0 Å². The number of hydrogen-bond donors (Lipinski definition) is 2. The normalized spacial score (nSPS) is 15.6. The average Bonchev–Trinajstić information content (AvgIpc) is 2.30. The van der Waals surface area contributed by atoms with Crippen molar-refractivity contribution in [1.29, 1.82) is 0 Å². The second kappa shape index (κ2) is 6.15. The Balaban J connectivity index is 2.54. The van der Waals surface area contributed by atoms with Crippen molar-refractivity contribution in [1.82, 2.24) is 0 Å². The minimum absolute atomic E-state index is 0.0503. The fourth-order valence-corrected chi connectivity index (χ4v) is 1.61. The number of benzene rings is 1. The molecule has 0 amide bonds. The molecule has 96 valence electrons. The molecule has 17 heavy (non-hydrogen) atoms. The van der Waals surface area contributed by atoms with Gasteiger partial charge in [0.05, 0.1) is 19.3 Å². The molecule has 0 aliphatic rings. The van der Waals surface area contributed by atoms with E-state index in [4.69, 9.17) is 10.5 Å². The molecule has 0 radical (unpaired) electrons. The van der Waals surface area contributed by atoms with E-state index < -0.39 is 0 Å². The maximum absolute atomic E-state index is 9.33. The Hall–Kier alpha value is -0.900. The third-order valence-electron chi connectivity index (χ3n) is 2.89. The van der Waals surface area contributed by atoms with Crippen LogP contribution in [0, 0.1) is 5.41 Å². The quantitative estimate of drug-likeness (QED) is 0.823. The topological polar surface area (TPSA) is 55.5 Å². The average molecular weight is 237 g/mol. The maximum atomic E-state index is 9.33. The van der Waals surface area contributed by atoms with Gasteiger partial charge in [-0.05, 0) is 11.0 Å². The number of ether oxygens (including phenoxy) is 1. The third kappa shape index (κ3) is 4.46. The van der Waals surface area contributed by atoms with Crippen molar-refractivity contribution in [2.24, 2.45) is 11.1 Å². The highest BCUT2D eigenvalue weighted by molar-refractivity contribution is 5.13. The molecule has 0 spiro atoms. The standard InChI is InChI=1S/C14H23NO2/c1-14(2,3)13(15)12(9-16)17-10-11-7-5-4-6-8-11/h4-8,12-13,16H,9-10,15H2,1-3H3. The summed E-state index contributed by atoms with van der Waals surface area (Å²) in [5.74, 6) is 0. The van der Waals surface area contributed by atoms with Gasteiger partial charge in [0.15, 0.2) is 0 Å². The van der Waals surface area contributed by atoms with E-state index in [1.54, 1.807) is 0 Å². The number of aliphatic hydroxyl groups excluding tert-OH is 1. The lowest BCUT2D eigenvalue weighted by molar-refractivity contribution is -0.0333. The molecule has 3 N–H and O–H groups in total. The van der Waals surface area contributed by atoms with Gasteiger partial charge in [-0.3, -0.25) is 0 Å². The van der Waals surface area contributed by atoms with Gasteiger partial charge in [0.1, 0.15) is 0 Å². The lowest BCUT2D eigenvalue weighted by Gasteiger charge is -2.33. The fourth-order valence-electron chi connectivity index (χ4n) is 1.61. The lowest BCUT2D eigenvalue weighted by Crippen LogP contribution is -2.48. The van der Waals surface area contributed by atoms with Gasteiger partial charge >= 0.3 is 0 Å². The van der Waals surface area contributed by atoms with Crippen molar-refractivity contribution < 1.29 is 9.84 Å². The Morgan fingerprint density at radius 1 is 1.24 bits per heavy atom. The zero-order valence-corrected chi connectivity index (χ0v) is 10.9. The number of aliphatic hydroxyl groups is 1. The van der Waals surface area contributed by atoms with Crippen molar-refractivity contribution in [2.45, 2.75) is 39.5 Å². The zero-order valence-electron chi connectivity index (χ0n) is 10.9. The zero-order chi connectivity index (χ0) is 12.9. The van der Waals surface area contributed by atoms with E-state index in [1.807, 2.05) is 51.1 Å². The summed E-state index contributed by atoms with van der Waals surface area (Å²) >= 11 is 0. The first-order valence-electron chi connectivity index (χ1n) is 5.97. The van der Waals surface area contributed by atoms with Crippen molar-refractivity contribution in [2.75, 3.05) is 6.61 Å². The van der Waals surface area contributed by atoms with Crippen molar-refractivity contribution in [3.8, 4) is 0 Å². The Bertz CT molecular complexity index is 319. The number of nitrogens with two attached hydrogens (primary N) is 1. The van der Waals surface area contributed by atoms with E-state index in [0.29, 0.717) is 6.61 Å². The molecule has 0 fully saturated rings. The van der Waals surface area contributed by atoms with E-state index in [1.165, 1.54) is 0 Å². The maximum Gasteiger partial charge on any atom is 0.0965 e. The van der Waals surface area contributed by atoms with Crippen LogP contribution >= 0.6 is 0 Å². The number of rotatable bonds is 5. The molecule has 0 bridgehead atoms. The first-order valence-corrected chi connectivity index (χ1v) is 5.97. The summed E-state index contributed by atoms with van der Waals surface area (Å²) in [6, 6.07) is 9.71. The van der Waals surface area contributed by atoms with E-state index in [0.717, 1.165) is 5.56 Å². The lowest BCUT2D eigenvalue weighted by atomic mass is 9.84. The van der Waals surface area contributed by atoms with Crippen LogP contribution in [0.3, 0.4) is 0 Å². The second-order valence-electron chi connectivity index (χ2n) is 5.41. The van der Waals surface area contributed by atoms with Crippen LogP contribution in [-0.2, 0) is 11.3 Å². The summed E-state index contributed by atoms with van der Waals surface area (Å²) in [5.41, 5.74) is 7.10. The first-order chi connectivity index (χ1) is 7.95. The fraction of sp³-hybridized carbons (Fsp3) is 0.571. The molecule has 1 aromatic carbocycles. The predicted molar refractivity (Wildman–Crippen MR) is 69.5 cm³/mol. The second-order valence-corrected chi connectivity index (χ2v) is 5.41. The molecule has 0 saturated carbocycles. The van der Waals surface area contributed by atoms with Gasteiger partial charge in [0.25, 0.3) is 0 Å². The molecule has 0 aromatic heterocycles. The van der Waals surface area contributed by atoms with Gasteiger partial charge in [0, 0.05) is 6.04 Å². The van der Waals surface area contributed by atoms with E-state index in [-0.39, 0.29) is 24.2 Å². The Morgan fingerprint density at radius 2 is 1.82 bits per heavy atom. The van der Waals surface area contributed by atoms with E-state index in [2.05, 4.69) is 0 Å². The first kappa shape index (κ1) is 14.2. The van der Waals surface area contributed by atoms with Crippen molar-refractivity contribution in [3.05, 3.63) is 35.9 Å². The summed E-state index contributed by atoms with van der Waals surface area (Å²) in [4.78, 5) is 0. The van der Waals surface area contributed by atoms with Crippen LogP contribution < -0.4 is 5.73 Å². The SMILES string of the molecule is CC(C)(C)C(N)C(CO)OCc1ccccc1. The monoisotopic (exact) mass is 237 g/mol.